The van der Waals surface area contributed by atoms with Gasteiger partial charge in [0.2, 0.25) is 0 Å². The minimum atomic E-state index is -0.392. The quantitative estimate of drug-likeness (QED) is 0.575. The fraction of sp³-hybridized carbons (Fsp3) is 0.238. The Bertz CT molecular complexity index is 1060. The van der Waals surface area contributed by atoms with Gasteiger partial charge in [-0.1, -0.05) is 34.1 Å². The molecule has 4 rings (SSSR count). The summed E-state index contributed by atoms with van der Waals surface area (Å²) in [5, 5.41) is 27.4. The number of halogens is 1. The first-order valence-corrected chi connectivity index (χ1v) is 9.77. The number of carbonyl (C=O) groups is 1. The van der Waals surface area contributed by atoms with Crippen molar-refractivity contribution in [2.75, 3.05) is 13.2 Å². The molecule has 0 unspecified atom stereocenters. The van der Waals surface area contributed by atoms with Crippen molar-refractivity contribution in [2.45, 2.75) is 19.9 Å². The molecule has 0 spiro atoms. The highest BCUT2D eigenvalue weighted by molar-refractivity contribution is 9.10. The van der Waals surface area contributed by atoms with Crippen molar-refractivity contribution < 1.29 is 15.0 Å². The minimum Gasteiger partial charge on any atom is -0.507 e. The molecule has 144 valence electrons. The number of H-pyrrole nitrogens is 1. The standard InChI is InChI=1S/C21H20BrN3O3/c1-11-9-12(2)20(27)15(10-11)17-16-18(24-23-17)21(28)25(7-8-26)19(16)13-3-5-14(22)6-4-13/h3-6,9-10,19,26-27H,7-8H2,1-2H3,(H,23,24)/t19-/m1/s1. The highest BCUT2D eigenvalue weighted by atomic mass is 79.9. The average molecular weight is 442 g/mol. The normalized spacial score (nSPS) is 15.9. The first kappa shape index (κ1) is 18.7. The lowest BCUT2D eigenvalue weighted by Crippen LogP contribution is -2.32. The number of benzene rings is 2. The molecule has 0 aliphatic carbocycles. The van der Waals surface area contributed by atoms with Gasteiger partial charge in [-0.05, 0) is 48.7 Å². The molecule has 3 aromatic rings. The van der Waals surface area contributed by atoms with E-state index in [9.17, 15) is 15.0 Å². The first-order chi connectivity index (χ1) is 13.4. The maximum absolute atomic E-state index is 13.0. The van der Waals surface area contributed by atoms with Crippen molar-refractivity contribution in [2.24, 2.45) is 0 Å². The molecule has 0 bridgehead atoms. The van der Waals surface area contributed by atoms with Crippen LogP contribution in [0, 0.1) is 13.8 Å². The lowest BCUT2D eigenvalue weighted by atomic mass is 9.94. The van der Waals surface area contributed by atoms with Crippen molar-refractivity contribution in [3.63, 3.8) is 0 Å². The number of aromatic amines is 1. The second-order valence-electron chi connectivity index (χ2n) is 7.02. The molecule has 1 aliphatic heterocycles. The molecule has 2 aromatic carbocycles. The third-order valence-electron chi connectivity index (χ3n) is 5.09. The zero-order chi connectivity index (χ0) is 20.0. The number of hydrogen-bond acceptors (Lipinski definition) is 4. The van der Waals surface area contributed by atoms with Gasteiger partial charge in [-0.3, -0.25) is 9.89 Å². The smallest absolute Gasteiger partial charge is 0.273 e. The Morgan fingerprint density at radius 3 is 2.61 bits per heavy atom. The number of rotatable bonds is 4. The van der Waals surface area contributed by atoms with Crippen LogP contribution in [0.1, 0.15) is 38.8 Å². The number of β-amino-alcohol motifs (C(OH)–C–C–N with tert-alkyl or cyclic N) is 1. The Morgan fingerprint density at radius 2 is 1.93 bits per heavy atom. The molecule has 6 nitrogen and oxygen atoms in total. The average Bonchev–Trinajstić information content (AvgIpc) is 3.19. The monoisotopic (exact) mass is 441 g/mol. The number of aryl methyl sites for hydroxylation is 2. The molecule has 1 aliphatic rings. The summed E-state index contributed by atoms with van der Waals surface area (Å²) in [4.78, 5) is 14.6. The Morgan fingerprint density at radius 1 is 1.21 bits per heavy atom. The molecule has 3 N–H and O–H groups in total. The van der Waals surface area contributed by atoms with E-state index >= 15 is 0 Å². The van der Waals surface area contributed by atoms with Crippen molar-refractivity contribution in [1.29, 1.82) is 0 Å². The zero-order valence-electron chi connectivity index (χ0n) is 15.5. The highest BCUT2D eigenvalue weighted by Gasteiger charge is 2.42. The van der Waals surface area contributed by atoms with E-state index in [1.165, 1.54) is 0 Å². The second-order valence-corrected chi connectivity index (χ2v) is 7.93. The van der Waals surface area contributed by atoms with Gasteiger partial charge in [-0.15, -0.1) is 0 Å². The van der Waals surface area contributed by atoms with Gasteiger partial charge in [-0.25, -0.2) is 0 Å². The van der Waals surface area contributed by atoms with Crippen molar-refractivity contribution >= 4 is 21.8 Å². The van der Waals surface area contributed by atoms with E-state index < -0.39 is 6.04 Å². The lowest BCUT2D eigenvalue weighted by Gasteiger charge is -2.25. The van der Waals surface area contributed by atoms with Crippen LogP contribution in [0.2, 0.25) is 0 Å². The van der Waals surface area contributed by atoms with Crippen LogP contribution in [0.15, 0.2) is 40.9 Å². The number of fused-ring (bicyclic) bond motifs is 1. The highest BCUT2D eigenvalue weighted by Crippen LogP contribution is 2.45. The zero-order valence-corrected chi connectivity index (χ0v) is 17.1. The summed E-state index contributed by atoms with van der Waals surface area (Å²) in [5.74, 6) is -0.0536. The predicted octanol–water partition coefficient (Wildman–Crippen LogP) is 3.70. The maximum Gasteiger partial charge on any atom is 0.273 e. The van der Waals surface area contributed by atoms with Crippen molar-refractivity contribution in [3.05, 3.63) is 68.8 Å². The van der Waals surface area contributed by atoms with Crippen LogP contribution in [0.3, 0.4) is 0 Å². The first-order valence-electron chi connectivity index (χ1n) is 8.98. The van der Waals surface area contributed by atoms with Crippen LogP contribution in [0.5, 0.6) is 5.75 Å². The van der Waals surface area contributed by atoms with Gasteiger partial charge in [0.25, 0.3) is 5.91 Å². The molecule has 2 heterocycles. The van der Waals surface area contributed by atoms with Crippen LogP contribution in [-0.4, -0.2) is 44.4 Å². The topological polar surface area (TPSA) is 89.5 Å². The summed E-state index contributed by atoms with van der Waals surface area (Å²) < 4.78 is 0.939. The van der Waals surface area contributed by atoms with Gasteiger partial charge in [0.05, 0.1) is 12.6 Å². The van der Waals surface area contributed by atoms with Gasteiger partial charge in [0.1, 0.15) is 17.1 Å². The van der Waals surface area contributed by atoms with Gasteiger partial charge in [0, 0.05) is 22.1 Å². The molecule has 28 heavy (non-hydrogen) atoms. The predicted molar refractivity (Wildman–Crippen MR) is 109 cm³/mol. The number of carbonyl (C=O) groups excluding carboxylic acids is 1. The summed E-state index contributed by atoms with van der Waals surface area (Å²) in [6, 6.07) is 11.1. The Balaban J connectivity index is 1.94. The number of amides is 1. The van der Waals surface area contributed by atoms with E-state index in [0.717, 1.165) is 26.7 Å². The fourth-order valence-corrected chi connectivity index (χ4v) is 4.14. The maximum atomic E-state index is 13.0. The van der Waals surface area contributed by atoms with Crippen LogP contribution >= 0.6 is 15.9 Å². The molecule has 1 aromatic heterocycles. The number of aliphatic hydroxyl groups excluding tert-OH is 1. The second kappa shape index (κ2) is 7.07. The molecule has 7 heteroatoms. The SMILES string of the molecule is Cc1cc(C)c(O)c(-c2n[nH]c3c2[C@@H](c2ccc(Br)cc2)N(CCO)C3=O)c1. The third-order valence-corrected chi connectivity index (χ3v) is 5.62. The number of aromatic nitrogens is 2. The molecule has 0 saturated heterocycles. The number of hydrogen-bond donors (Lipinski definition) is 3. The number of phenolic OH excluding ortho intramolecular Hbond substituents is 1. The molecule has 0 saturated carbocycles. The Kier molecular flexibility index (Phi) is 4.72. The van der Waals surface area contributed by atoms with Crippen LogP contribution in [-0.2, 0) is 0 Å². The van der Waals surface area contributed by atoms with E-state index in [-0.39, 0.29) is 24.8 Å². The minimum absolute atomic E-state index is 0.138. The van der Waals surface area contributed by atoms with Crippen LogP contribution in [0.4, 0.5) is 0 Å². The number of aliphatic hydroxyl groups is 1. The van der Waals surface area contributed by atoms with Gasteiger partial charge >= 0.3 is 0 Å². The fourth-order valence-electron chi connectivity index (χ4n) is 3.87. The summed E-state index contributed by atoms with van der Waals surface area (Å²) in [5.41, 5.74) is 4.94. The Labute approximate surface area is 171 Å². The lowest BCUT2D eigenvalue weighted by molar-refractivity contribution is 0.0706. The summed E-state index contributed by atoms with van der Waals surface area (Å²) in [7, 11) is 0. The largest absolute Gasteiger partial charge is 0.507 e. The number of phenols is 1. The van der Waals surface area contributed by atoms with E-state index in [1.807, 2.05) is 50.2 Å². The number of aromatic hydroxyl groups is 1. The Hall–Kier alpha value is -2.64. The van der Waals surface area contributed by atoms with E-state index in [1.54, 1.807) is 4.90 Å². The summed E-state index contributed by atoms with van der Waals surface area (Å²) in [6.45, 7) is 3.87. The molecule has 0 radical (unpaired) electrons. The van der Waals surface area contributed by atoms with Crippen molar-refractivity contribution in [3.8, 4) is 17.0 Å². The van der Waals surface area contributed by atoms with Crippen LogP contribution in [0.25, 0.3) is 11.3 Å². The number of nitrogens with zero attached hydrogens (tertiary/aromatic N) is 2. The number of nitrogens with one attached hydrogen (secondary N) is 1. The van der Waals surface area contributed by atoms with E-state index in [0.29, 0.717) is 17.0 Å². The molecular formula is C21H20BrN3O3. The molecular weight excluding hydrogens is 422 g/mol. The summed E-state index contributed by atoms with van der Waals surface area (Å²) >= 11 is 3.44. The van der Waals surface area contributed by atoms with Crippen molar-refractivity contribution in [1.82, 2.24) is 15.1 Å². The molecule has 0 fully saturated rings. The third kappa shape index (κ3) is 2.91. The molecule has 1 amide bonds. The van der Waals surface area contributed by atoms with Gasteiger partial charge in [-0.2, -0.15) is 5.10 Å². The van der Waals surface area contributed by atoms with Crippen LogP contribution < -0.4 is 0 Å². The molecule has 1 atom stereocenters. The van der Waals surface area contributed by atoms with Gasteiger partial charge in [0.15, 0.2) is 0 Å². The van der Waals surface area contributed by atoms with Gasteiger partial charge < -0.3 is 15.1 Å². The van der Waals surface area contributed by atoms with E-state index in [2.05, 4.69) is 26.1 Å². The summed E-state index contributed by atoms with van der Waals surface area (Å²) in [6.07, 6.45) is 0. The van der Waals surface area contributed by atoms with E-state index in [4.69, 9.17) is 0 Å².